The van der Waals surface area contributed by atoms with Gasteiger partial charge in [0.05, 0.1) is 34.0 Å². The van der Waals surface area contributed by atoms with Gasteiger partial charge in [0.1, 0.15) is 5.69 Å². The van der Waals surface area contributed by atoms with Crippen LogP contribution in [-0.2, 0) is 0 Å². The van der Waals surface area contributed by atoms with Gasteiger partial charge in [0, 0.05) is 10.9 Å². The molecule has 7 nitrogen and oxygen atoms in total. The number of hydrogen-bond acceptors (Lipinski definition) is 6. The van der Waals surface area contributed by atoms with Crippen LogP contribution in [0.25, 0.3) is 33.3 Å². The SMILES string of the molecule is COc1cc(-c2ccc3c(-c4cc(OC)c(OC)c(OC)c4)n[nH]c3c2)ccc1O. The van der Waals surface area contributed by atoms with E-state index in [4.69, 9.17) is 18.9 Å². The van der Waals surface area contributed by atoms with Crippen molar-refractivity contribution in [2.45, 2.75) is 0 Å². The van der Waals surface area contributed by atoms with Crippen molar-refractivity contribution in [2.24, 2.45) is 0 Å². The summed E-state index contributed by atoms with van der Waals surface area (Å²) in [6.45, 7) is 0. The van der Waals surface area contributed by atoms with Crippen LogP contribution in [0, 0.1) is 0 Å². The van der Waals surface area contributed by atoms with Gasteiger partial charge in [-0.15, -0.1) is 0 Å². The Balaban J connectivity index is 1.80. The van der Waals surface area contributed by atoms with Crippen LogP contribution in [0.3, 0.4) is 0 Å². The maximum atomic E-state index is 9.84. The van der Waals surface area contributed by atoms with E-state index in [0.29, 0.717) is 23.0 Å². The number of fused-ring (bicyclic) bond motifs is 1. The molecule has 3 aromatic carbocycles. The molecule has 154 valence electrons. The minimum Gasteiger partial charge on any atom is -0.504 e. The van der Waals surface area contributed by atoms with Crippen molar-refractivity contribution in [3.05, 3.63) is 48.5 Å². The highest BCUT2D eigenvalue weighted by atomic mass is 16.5. The summed E-state index contributed by atoms with van der Waals surface area (Å²) < 4.78 is 21.5. The van der Waals surface area contributed by atoms with Crippen LogP contribution in [0.5, 0.6) is 28.7 Å². The third-order valence-electron chi connectivity index (χ3n) is 5.01. The molecule has 0 saturated carbocycles. The molecule has 30 heavy (non-hydrogen) atoms. The lowest BCUT2D eigenvalue weighted by Crippen LogP contribution is -1.95. The molecule has 0 fully saturated rings. The number of aromatic nitrogens is 2. The average molecular weight is 406 g/mol. The van der Waals surface area contributed by atoms with Crippen molar-refractivity contribution in [3.8, 4) is 51.1 Å². The maximum absolute atomic E-state index is 9.84. The molecule has 0 aliphatic carbocycles. The lowest BCUT2D eigenvalue weighted by atomic mass is 10.0. The zero-order chi connectivity index (χ0) is 21.3. The third-order valence-corrected chi connectivity index (χ3v) is 5.01. The molecule has 0 aliphatic heterocycles. The highest BCUT2D eigenvalue weighted by Gasteiger charge is 2.17. The first kappa shape index (κ1) is 19.4. The number of ether oxygens (including phenoxy) is 4. The van der Waals surface area contributed by atoms with Gasteiger partial charge in [-0.1, -0.05) is 12.1 Å². The minimum absolute atomic E-state index is 0.105. The van der Waals surface area contributed by atoms with E-state index in [1.165, 1.54) is 7.11 Å². The number of phenolic OH excluding ortho intramolecular Hbond substituents is 1. The van der Waals surface area contributed by atoms with Crippen molar-refractivity contribution in [1.29, 1.82) is 0 Å². The lowest BCUT2D eigenvalue weighted by molar-refractivity contribution is 0.324. The summed E-state index contributed by atoms with van der Waals surface area (Å²) in [5, 5.41) is 18.4. The Morgan fingerprint density at radius 2 is 1.30 bits per heavy atom. The smallest absolute Gasteiger partial charge is 0.203 e. The van der Waals surface area contributed by atoms with Gasteiger partial charge in [-0.3, -0.25) is 5.10 Å². The summed E-state index contributed by atoms with van der Waals surface area (Å²) in [4.78, 5) is 0. The first-order chi connectivity index (χ1) is 14.6. The van der Waals surface area contributed by atoms with E-state index in [9.17, 15) is 5.11 Å². The fourth-order valence-electron chi connectivity index (χ4n) is 3.49. The Labute approximate surface area is 173 Å². The standard InChI is InChI=1S/C23H22N2O5/c1-27-19-10-14(6-8-18(19)26)13-5-7-16-17(9-13)24-25-22(16)15-11-20(28-2)23(30-4)21(12-15)29-3/h5-12,26H,1-4H3,(H,24,25). The van der Waals surface area contributed by atoms with Gasteiger partial charge in [0.25, 0.3) is 0 Å². The Morgan fingerprint density at radius 1 is 0.700 bits per heavy atom. The van der Waals surface area contributed by atoms with E-state index < -0.39 is 0 Å². The summed E-state index contributed by atoms with van der Waals surface area (Å²) in [6, 6.07) is 15.0. The Hall–Kier alpha value is -3.87. The monoisotopic (exact) mass is 406 g/mol. The van der Waals surface area contributed by atoms with Crippen LogP contribution in [0.15, 0.2) is 48.5 Å². The molecule has 1 heterocycles. The third kappa shape index (κ3) is 3.24. The molecule has 0 saturated heterocycles. The van der Waals surface area contributed by atoms with Crippen LogP contribution in [0.4, 0.5) is 0 Å². The van der Waals surface area contributed by atoms with Crippen molar-refractivity contribution >= 4 is 10.9 Å². The number of methoxy groups -OCH3 is 4. The maximum Gasteiger partial charge on any atom is 0.203 e. The highest BCUT2D eigenvalue weighted by Crippen LogP contribution is 2.42. The summed E-state index contributed by atoms with van der Waals surface area (Å²) in [5.41, 5.74) is 4.40. The van der Waals surface area contributed by atoms with E-state index in [1.807, 2.05) is 36.4 Å². The molecule has 7 heteroatoms. The molecule has 0 amide bonds. The molecule has 0 radical (unpaired) electrons. The van der Waals surface area contributed by atoms with Gasteiger partial charge in [-0.2, -0.15) is 5.10 Å². The largest absolute Gasteiger partial charge is 0.504 e. The second kappa shape index (κ2) is 7.87. The van der Waals surface area contributed by atoms with Crippen LogP contribution in [0.1, 0.15) is 0 Å². The van der Waals surface area contributed by atoms with Gasteiger partial charge in [-0.05, 0) is 47.5 Å². The topological polar surface area (TPSA) is 85.8 Å². The number of phenols is 1. The zero-order valence-corrected chi connectivity index (χ0v) is 17.1. The van der Waals surface area contributed by atoms with Crippen LogP contribution in [-0.4, -0.2) is 43.7 Å². The van der Waals surface area contributed by atoms with E-state index >= 15 is 0 Å². The number of H-pyrrole nitrogens is 1. The summed E-state index contributed by atoms with van der Waals surface area (Å²) >= 11 is 0. The molecule has 4 aromatic rings. The summed E-state index contributed by atoms with van der Waals surface area (Å²) in [7, 11) is 6.27. The summed E-state index contributed by atoms with van der Waals surface area (Å²) in [6.07, 6.45) is 0. The molecular weight excluding hydrogens is 384 g/mol. The molecule has 0 bridgehead atoms. The number of nitrogens with zero attached hydrogens (tertiary/aromatic N) is 1. The molecule has 4 rings (SSSR count). The fourth-order valence-corrected chi connectivity index (χ4v) is 3.49. The van der Waals surface area contributed by atoms with Crippen molar-refractivity contribution in [2.75, 3.05) is 28.4 Å². The molecule has 0 atom stereocenters. The predicted molar refractivity (Wildman–Crippen MR) is 115 cm³/mol. The van der Waals surface area contributed by atoms with E-state index in [-0.39, 0.29) is 5.75 Å². The van der Waals surface area contributed by atoms with E-state index in [1.54, 1.807) is 33.5 Å². The molecular formula is C23H22N2O5. The number of hydrogen-bond donors (Lipinski definition) is 2. The Kier molecular flexibility index (Phi) is 5.10. The Bertz CT molecular complexity index is 1190. The molecule has 2 N–H and O–H groups in total. The van der Waals surface area contributed by atoms with Gasteiger partial charge in [0.2, 0.25) is 5.75 Å². The minimum atomic E-state index is 0.105. The number of aromatic hydroxyl groups is 1. The first-order valence-electron chi connectivity index (χ1n) is 9.25. The highest BCUT2D eigenvalue weighted by molar-refractivity contribution is 5.96. The number of rotatable bonds is 6. The van der Waals surface area contributed by atoms with Crippen LogP contribution >= 0.6 is 0 Å². The van der Waals surface area contributed by atoms with Gasteiger partial charge in [-0.25, -0.2) is 0 Å². The second-order valence-corrected chi connectivity index (χ2v) is 6.63. The zero-order valence-electron chi connectivity index (χ0n) is 17.1. The molecule has 1 aromatic heterocycles. The van der Waals surface area contributed by atoms with Crippen LogP contribution in [0.2, 0.25) is 0 Å². The number of nitrogens with one attached hydrogen (secondary N) is 1. The second-order valence-electron chi connectivity index (χ2n) is 6.63. The molecule has 0 aliphatic rings. The van der Waals surface area contributed by atoms with E-state index in [0.717, 1.165) is 33.3 Å². The van der Waals surface area contributed by atoms with Crippen LogP contribution < -0.4 is 18.9 Å². The van der Waals surface area contributed by atoms with E-state index in [2.05, 4.69) is 10.2 Å². The number of aromatic amines is 1. The quantitative estimate of drug-likeness (QED) is 0.485. The number of benzene rings is 3. The van der Waals surface area contributed by atoms with Crippen molar-refractivity contribution in [1.82, 2.24) is 10.2 Å². The fraction of sp³-hybridized carbons (Fsp3) is 0.174. The summed E-state index contributed by atoms with van der Waals surface area (Å²) in [5.74, 6) is 2.20. The average Bonchev–Trinajstić information content (AvgIpc) is 3.21. The molecule has 0 unspecified atom stereocenters. The molecule has 0 spiro atoms. The predicted octanol–water partition coefficient (Wildman–Crippen LogP) is 4.64. The van der Waals surface area contributed by atoms with Gasteiger partial charge < -0.3 is 24.1 Å². The van der Waals surface area contributed by atoms with Crippen molar-refractivity contribution in [3.63, 3.8) is 0 Å². The lowest BCUT2D eigenvalue weighted by Gasteiger charge is -2.13. The van der Waals surface area contributed by atoms with Gasteiger partial charge >= 0.3 is 0 Å². The first-order valence-corrected chi connectivity index (χ1v) is 9.25. The Morgan fingerprint density at radius 3 is 1.93 bits per heavy atom. The normalized spacial score (nSPS) is 10.8. The van der Waals surface area contributed by atoms with Crippen molar-refractivity contribution < 1.29 is 24.1 Å². The van der Waals surface area contributed by atoms with Gasteiger partial charge in [0.15, 0.2) is 23.0 Å².